The van der Waals surface area contributed by atoms with E-state index in [-0.39, 0.29) is 122 Å². The van der Waals surface area contributed by atoms with Gasteiger partial charge in [-0.2, -0.15) is 0 Å². The Morgan fingerprint density at radius 3 is 1.93 bits per heavy atom. The SMILES string of the molecule is COC(=O)c1cc([O-])cc([O-])c1.[Rb+].[Rb+]. The van der Waals surface area contributed by atoms with Crippen molar-refractivity contribution in [1.82, 2.24) is 0 Å². The molecule has 0 N–H and O–H groups in total. The fourth-order valence-corrected chi connectivity index (χ4v) is 0.807. The molecule has 1 aromatic rings. The van der Waals surface area contributed by atoms with Crippen LogP contribution < -0.4 is 127 Å². The van der Waals surface area contributed by atoms with Gasteiger partial charge in [-0.3, -0.25) is 0 Å². The Morgan fingerprint density at radius 1 is 1.14 bits per heavy atom. The molecule has 0 unspecified atom stereocenters. The fourth-order valence-electron chi connectivity index (χ4n) is 0.807. The zero-order chi connectivity index (χ0) is 9.14. The average molecular weight is 337 g/mol. The molecule has 0 aromatic heterocycles. The van der Waals surface area contributed by atoms with Gasteiger partial charge in [-0.15, -0.1) is 11.5 Å². The van der Waals surface area contributed by atoms with E-state index in [2.05, 4.69) is 4.74 Å². The second-order valence-electron chi connectivity index (χ2n) is 2.18. The zero-order valence-electron chi connectivity index (χ0n) is 8.37. The summed E-state index contributed by atoms with van der Waals surface area (Å²) in [5, 5.41) is 21.4. The Labute approximate surface area is 180 Å². The van der Waals surface area contributed by atoms with Crippen LogP contribution in [0.4, 0.5) is 0 Å². The van der Waals surface area contributed by atoms with E-state index < -0.39 is 17.5 Å². The summed E-state index contributed by atoms with van der Waals surface area (Å²) in [6.07, 6.45) is 0. The van der Waals surface area contributed by atoms with Crippen molar-refractivity contribution < 1.29 is 136 Å². The second kappa shape index (κ2) is 8.99. The number of rotatable bonds is 1. The third-order valence-corrected chi connectivity index (χ3v) is 1.30. The van der Waals surface area contributed by atoms with Crippen LogP contribution in [0.25, 0.3) is 0 Å². The smallest absolute Gasteiger partial charge is 0.872 e. The molecular formula is C8H6O4Rb2. The number of hydrogen-bond acceptors (Lipinski definition) is 4. The maximum absolute atomic E-state index is 10.8. The summed E-state index contributed by atoms with van der Waals surface area (Å²) in [6.45, 7) is 0. The normalized spacial score (nSPS) is 8.07. The molecule has 0 amide bonds. The van der Waals surface area contributed by atoms with Crippen LogP contribution in [0.5, 0.6) is 11.5 Å². The van der Waals surface area contributed by atoms with E-state index in [0.717, 1.165) is 18.2 Å². The molecule has 0 aliphatic heterocycles. The molecule has 4 nitrogen and oxygen atoms in total. The summed E-state index contributed by atoms with van der Waals surface area (Å²) in [4.78, 5) is 10.8. The predicted octanol–water partition coefficient (Wildman–Crippen LogP) is -6.37. The van der Waals surface area contributed by atoms with Crippen molar-refractivity contribution >= 4 is 5.97 Å². The number of esters is 1. The van der Waals surface area contributed by atoms with Crippen molar-refractivity contribution in [1.29, 1.82) is 0 Å². The van der Waals surface area contributed by atoms with Crippen LogP contribution >= 0.6 is 0 Å². The van der Waals surface area contributed by atoms with Crippen molar-refractivity contribution in [2.24, 2.45) is 0 Å². The second-order valence-corrected chi connectivity index (χ2v) is 2.18. The topological polar surface area (TPSA) is 72.4 Å². The molecular weight excluding hydrogens is 331 g/mol. The maximum atomic E-state index is 10.8. The number of carbonyl (C=O) groups is 1. The van der Waals surface area contributed by atoms with Crippen LogP contribution in [-0.2, 0) is 4.74 Å². The monoisotopic (exact) mass is 336 g/mol. The van der Waals surface area contributed by atoms with E-state index in [1.807, 2.05) is 0 Å². The number of benzene rings is 1. The molecule has 0 saturated heterocycles. The summed E-state index contributed by atoms with van der Waals surface area (Å²) in [6, 6.07) is 3.03. The van der Waals surface area contributed by atoms with E-state index >= 15 is 0 Å². The first kappa shape index (κ1) is 18.3. The van der Waals surface area contributed by atoms with Crippen LogP contribution in [0.15, 0.2) is 18.2 Å². The van der Waals surface area contributed by atoms with Gasteiger partial charge in [-0.1, -0.05) is 18.2 Å². The van der Waals surface area contributed by atoms with Crippen molar-refractivity contribution in [3.05, 3.63) is 23.8 Å². The Bertz CT molecular complexity index is 294. The van der Waals surface area contributed by atoms with E-state index in [4.69, 9.17) is 0 Å². The van der Waals surface area contributed by atoms with Gasteiger partial charge in [0, 0.05) is 0 Å². The average Bonchev–Trinajstić information content (AvgIpc) is 2.01. The molecule has 0 saturated carbocycles. The number of methoxy groups -OCH3 is 1. The molecule has 0 bridgehead atoms. The molecule has 14 heavy (non-hydrogen) atoms. The van der Waals surface area contributed by atoms with Gasteiger partial charge in [0.1, 0.15) is 0 Å². The summed E-state index contributed by atoms with van der Waals surface area (Å²) in [5.41, 5.74) is -0.00463. The first-order valence-corrected chi connectivity index (χ1v) is 3.21. The van der Waals surface area contributed by atoms with Crippen LogP contribution in [0.3, 0.4) is 0 Å². The van der Waals surface area contributed by atoms with Crippen LogP contribution in [0.1, 0.15) is 10.4 Å². The molecule has 0 heterocycles. The Hall–Kier alpha value is 1.90. The van der Waals surface area contributed by atoms with Crippen molar-refractivity contribution in [2.75, 3.05) is 7.11 Å². The minimum atomic E-state index is -0.676. The molecule has 0 radical (unpaired) electrons. The molecule has 0 aliphatic rings. The third-order valence-electron chi connectivity index (χ3n) is 1.30. The van der Waals surface area contributed by atoms with Crippen molar-refractivity contribution in [3.63, 3.8) is 0 Å². The van der Waals surface area contributed by atoms with Gasteiger partial charge in [0.2, 0.25) is 0 Å². The molecule has 6 heteroatoms. The summed E-state index contributed by atoms with van der Waals surface area (Å²) < 4.78 is 4.33. The maximum Gasteiger partial charge on any atom is 1.00 e. The first-order chi connectivity index (χ1) is 5.63. The van der Waals surface area contributed by atoms with E-state index in [1.165, 1.54) is 7.11 Å². The Kier molecular flexibility index (Phi) is 11.7. The third kappa shape index (κ3) is 5.84. The molecule has 0 fully saturated rings. The molecule has 0 spiro atoms. The minimum Gasteiger partial charge on any atom is -0.872 e. The Balaban J connectivity index is 0. The zero-order valence-corrected chi connectivity index (χ0v) is 18.2. The van der Waals surface area contributed by atoms with E-state index in [0.29, 0.717) is 0 Å². The van der Waals surface area contributed by atoms with Crippen LogP contribution in [0, 0.1) is 0 Å². The minimum absolute atomic E-state index is 0. The predicted molar refractivity (Wildman–Crippen MR) is 36.7 cm³/mol. The van der Waals surface area contributed by atoms with Crippen molar-refractivity contribution in [3.8, 4) is 11.5 Å². The quantitative estimate of drug-likeness (QED) is 0.478. The van der Waals surface area contributed by atoms with Gasteiger partial charge < -0.3 is 14.9 Å². The summed E-state index contributed by atoms with van der Waals surface area (Å²) in [7, 11) is 1.18. The van der Waals surface area contributed by atoms with E-state index in [1.54, 1.807) is 0 Å². The number of ether oxygens (including phenoxy) is 1. The van der Waals surface area contributed by atoms with Gasteiger partial charge in [0.15, 0.2) is 0 Å². The standard InChI is InChI=1S/C8H8O4.2Rb/c1-12-8(11)5-2-6(9)4-7(10)3-5;;/h2-4,9-10H,1H3;;/q;2*+1/p-2. The van der Waals surface area contributed by atoms with Gasteiger partial charge >= 0.3 is 122 Å². The molecule has 1 aromatic carbocycles. The number of hydrogen-bond donors (Lipinski definition) is 0. The van der Waals surface area contributed by atoms with Gasteiger partial charge in [-0.05, 0) is 0 Å². The molecule has 64 valence electrons. The van der Waals surface area contributed by atoms with Crippen molar-refractivity contribution in [2.45, 2.75) is 0 Å². The first-order valence-electron chi connectivity index (χ1n) is 3.21. The molecule has 1 rings (SSSR count). The summed E-state index contributed by atoms with van der Waals surface area (Å²) >= 11 is 0. The summed E-state index contributed by atoms with van der Waals surface area (Å²) in [5.74, 6) is -1.64. The molecule has 0 aliphatic carbocycles. The molecule has 0 atom stereocenters. The number of carbonyl (C=O) groups excluding carboxylic acids is 1. The van der Waals surface area contributed by atoms with Crippen LogP contribution in [0.2, 0.25) is 0 Å². The fraction of sp³-hybridized carbons (Fsp3) is 0.125. The van der Waals surface area contributed by atoms with Gasteiger partial charge in [-0.25, -0.2) is 4.79 Å². The van der Waals surface area contributed by atoms with Gasteiger partial charge in [0.05, 0.1) is 12.7 Å². The van der Waals surface area contributed by atoms with E-state index in [9.17, 15) is 15.0 Å². The van der Waals surface area contributed by atoms with Gasteiger partial charge in [0.25, 0.3) is 0 Å². The van der Waals surface area contributed by atoms with Crippen LogP contribution in [-0.4, -0.2) is 13.1 Å². The Morgan fingerprint density at radius 2 is 1.57 bits per heavy atom. The largest absolute Gasteiger partial charge is 1.00 e.